The molecule has 0 aromatic heterocycles. The maximum atomic E-state index is 12.9. The molecule has 1 aromatic rings. The third kappa shape index (κ3) is 4.80. The largest absolute Gasteiger partial charge is 0.417 e. The molecule has 0 bridgehead atoms. The number of nitrogens with zero attached hydrogens (tertiary/aromatic N) is 1. The molecule has 156 valence electrons. The van der Waals surface area contributed by atoms with Crippen molar-refractivity contribution in [1.29, 1.82) is 0 Å². The molecule has 2 atom stereocenters. The van der Waals surface area contributed by atoms with Crippen molar-refractivity contribution in [3.8, 4) is 0 Å². The molecule has 1 aliphatic carbocycles. The van der Waals surface area contributed by atoms with Crippen LogP contribution in [0.4, 0.5) is 13.2 Å². The number of hydrogen-bond acceptors (Lipinski definition) is 3. The van der Waals surface area contributed by atoms with Crippen molar-refractivity contribution in [1.82, 2.24) is 9.62 Å². The Morgan fingerprint density at radius 2 is 1.86 bits per heavy atom. The second kappa shape index (κ2) is 8.20. The number of fused-ring (bicyclic) bond motifs is 1. The number of halogens is 4. The summed E-state index contributed by atoms with van der Waals surface area (Å²) in [6.07, 6.45) is 0.754. The van der Waals surface area contributed by atoms with Crippen LogP contribution in [0, 0.1) is 11.8 Å². The van der Waals surface area contributed by atoms with E-state index in [0.717, 1.165) is 31.4 Å². The number of amides is 1. The molecule has 1 saturated heterocycles. The molecule has 2 fully saturated rings. The van der Waals surface area contributed by atoms with Crippen LogP contribution in [0.1, 0.15) is 37.7 Å². The third-order valence-corrected chi connectivity index (χ3v) is 7.34. The number of rotatable bonds is 4. The lowest BCUT2D eigenvalue weighted by Gasteiger charge is -2.41. The van der Waals surface area contributed by atoms with Crippen LogP contribution in [-0.4, -0.2) is 38.9 Å². The highest BCUT2D eigenvalue weighted by molar-refractivity contribution is 7.89. The van der Waals surface area contributed by atoms with E-state index in [-0.39, 0.29) is 5.91 Å². The highest BCUT2D eigenvalue weighted by atomic mass is 35.5. The van der Waals surface area contributed by atoms with Gasteiger partial charge < -0.3 is 4.90 Å². The Morgan fingerprint density at radius 3 is 2.54 bits per heavy atom. The van der Waals surface area contributed by atoms with Crippen molar-refractivity contribution >= 4 is 27.5 Å². The fraction of sp³-hybridized carbons (Fsp3) is 0.611. The van der Waals surface area contributed by atoms with Crippen LogP contribution in [0.25, 0.3) is 0 Å². The lowest BCUT2D eigenvalue weighted by atomic mass is 9.75. The van der Waals surface area contributed by atoms with E-state index in [4.69, 9.17) is 11.6 Å². The molecule has 0 radical (unpaired) electrons. The first-order valence-corrected chi connectivity index (χ1v) is 11.1. The smallest absolute Gasteiger partial charge is 0.341 e. The number of benzene rings is 1. The highest BCUT2D eigenvalue weighted by Crippen LogP contribution is 2.37. The second-order valence-corrected chi connectivity index (χ2v) is 9.57. The first-order chi connectivity index (χ1) is 13.1. The van der Waals surface area contributed by atoms with E-state index >= 15 is 0 Å². The zero-order valence-electron chi connectivity index (χ0n) is 15.1. The summed E-state index contributed by atoms with van der Waals surface area (Å²) in [6, 6.07) is 2.34. The first kappa shape index (κ1) is 21.4. The lowest BCUT2D eigenvalue weighted by Crippen LogP contribution is -2.48. The van der Waals surface area contributed by atoms with Gasteiger partial charge in [-0.05, 0) is 42.9 Å². The number of hydrogen-bond donors (Lipinski definition) is 1. The second-order valence-electron chi connectivity index (χ2n) is 7.40. The highest BCUT2D eigenvalue weighted by Gasteiger charge is 2.35. The number of carbonyl (C=O) groups excluding carboxylic acids is 1. The molecular weight excluding hydrogens is 417 g/mol. The molecule has 5 nitrogen and oxygen atoms in total. The predicted octanol–water partition coefficient (Wildman–Crippen LogP) is 3.68. The normalized spacial score (nSPS) is 23.4. The number of alkyl halides is 3. The zero-order chi connectivity index (χ0) is 20.5. The molecule has 1 aromatic carbocycles. The van der Waals surface area contributed by atoms with Crippen LogP contribution < -0.4 is 4.72 Å². The number of sulfonamides is 1. The molecule has 1 aliphatic heterocycles. The summed E-state index contributed by atoms with van der Waals surface area (Å²) in [5.41, 5.74) is -1.23. The van der Waals surface area contributed by atoms with Crippen molar-refractivity contribution < 1.29 is 26.4 Å². The van der Waals surface area contributed by atoms with Gasteiger partial charge >= 0.3 is 6.18 Å². The number of piperidine rings is 1. The van der Waals surface area contributed by atoms with E-state index in [9.17, 15) is 26.4 Å². The monoisotopic (exact) mass is 438 g/mol. The van der Waals surface area contributed by atoms with Gasteiger partial charge in [0.05, 0.1) is 22.0 Å². The van der Waals surface area contributed by atoms with Gasteiger partial charge in [-0.1, -0.05) is 30.9 Å². The van der Waals surface area contributed by atoms with Crippen molar-refractivity contribution in [2.45, 2.75) is 43.2 Å². The van der Waals surface area contributed by atoms with Crippen LogP contribution in [0.3, 0.4) is 0 Å². The summed E-state index contributed by atoms with van der Waals surface area (Å²) in [6.45, 7) is 0.717. The number of carbonyl (C=O) groups is 1. The Labute approximate surface area is 167 Å². The lowest BCUT2D eigenvalue weighted by molar-refractivity contribution is -0.137. The van der Waals surface area contributed by atoms with E-state index in [0.29, 0.717) is 31.0 Å². The molecule has 1 saturated carbocycles. The Morgan fingerprint density at radius 1 is 1.18 bits per heavy atom. The average Bonchev–Trinajstić information content (AvgIpc) is 2.65. The average molecular weight is 439 g/mol. The standard InChI is InChI=1S/C18H22ClF3N2O3S/c19-16-6-5-14(9-15(16)18(20,21)22)28(26,27)23-10-17(25)24-8-7-12-3-1-2-4-13(12)11-24/h5-6,9,12-13,23H,1-4,7-8,10-11H2/t12-,13-/m1/s1. The molecule has 1 amide bonds. The van der Waals surface area contributed by atoms with Crippen molar-refractivity contribution in [3.63, 3.8) is 0 Å². The molecule has 1 N–H and O–H groups in total. The van der Waals surface area contributed by atoms with E-state index < -0.39 is 38.2 Å². The van der Waals surface area contributed by atoms with Crippen LogP contribution in [0.2, 0.25) is 5.02 Å². The summed E-state index contributed by atoms with van der Waals surface area (Å²) in [5.74, 6) is 0.718. The molecular formula is C18H22ClF3N2O3S. The van der Waals surface area contributed by atoms with Crippen molar-refractivity contribution in [3.05, 3.63) is 28.8 Å². The minimum absolute atomic E-state index is 0.363. The molecule has 1 heterocycles. The zero-order valence-corrected chi connectivity index (χ0v) is 16.7. The van der Waals surface area contributed by atoms with Gasteiger partial charge in [0.2, 0.25) is 15.9 Å². The summed E-state index contributed by atoms with van der Waals surface area (Å²) in [5, 5.41) is -0.585. The van der Waals surface area contributed by atoms with Crippen molar-refractivity contribution in [2.75, 3.05) is 19.6 Å². The number of likely N-dealkylation sites (tertiary alicyclic amines) is 1. The van der Waals surface area contributed by atoms with Gasteiger partial charge in [-0.2, -0.15) is 13.2 Å². The van der Waals surface area contributed by atoms with Crippen molar-refractivity contribution in [2.24, 2.45) is 11.8 Å². The Bertz CT molecular complexity index is 845. The summed E-state index contributed by atoms with van der Waals surface area (Å²) in [7, 11) is -4.27. The van der Waals surface area contributed by atoms with Crippen LogP contribution in [0.5, 0.6) is 0 Å². The molecule has 0 spiro atoms. The van der Waals surface area contributed by atoms with Gasteiger partial charge in [-0.15, -0.1) is 0 Å². The molecule has 28 heavy (non-hydrogen) atoms. The predicted molar refractivity (Wildman–Crippen MR) is 98.3 cm³/mol. The van der Waals surface area contributed by atoms with Crippen LogP contribution in [-0.2, 0) is 21.0 Å². The molecule has 3 rings (SSSR count). The molecule has 10 heteroatoms. The summed E-state index contributed by atoms with van der Waals surface area (Å²) < 4.78 is 65.7. The molecule has 2 aliphatic rings. The van der Waals surface area contributed by atoms with Gasteiger partial charge in [-0.25, -0.2) is 13.1 Å². The maximum Gasteiger partial charge on any atom is 0.417 e. The quantitative estimate of drug-likeness (QED) is 0.779. The van der Waals surface area contributed by atoms with E-state index in [1.165, 1.54) is 12.8 Å². The topological polar surface area (TPSA) is 66.5 Å². The first-order valence-electron chi connectivity index (χ1n) is 9.22. The van der Waals surface area contributed by atoms with Gasteiger partial charge in [-0.3, -0.25) is 4.79 Å². The number of nitrogens with one attached hydrogen (secondary N) is 1. The fourth-order valence-electron chi connectivity index (χ4n) is 4.07. The summed E-state index contributed by atoms with van der Waals surface area (Å²) in [4.78, 5) is 13.5. The maximum absolute atomic E-state index is 12.9. The van der Waals surface area contributed by atoms with Gasteiger partial charge in [0, 0.05) is 13.1 Å². The Hall–Kier alpha value is -1.32. The van der Waals surface area contributed by atoms with E-state index in [2.05, 4.69) is 4.72 Å². The summed E-state index contributed by atoms with van der Waals surface area (Å²) >= 11 is 5.52. The van der Waals surface area contributed by atoms with Crippen LogP contribution in [0.15, 0.2) is 23.1 Å². The Balaban J connectivity index is 1.64. The van der Waals surface area contributed by atoms with Crippen LogP contribution >= 0.6 is 11.6 Å². The molecule has 0 unspecified atom stereocenters. The van der Waals surface area contributed by atoms with Gasteiger partial charge in [0.15, 0.2) is 0 Å². The minimum atomic E-state index is -4.78. The van der Waals surface area contributed by atoms with Gasteiger partial charge in [0.25, 0.3) is 0 Å². The fourth-order valence-corrected chi connectivity index (χ4v) is 5.29. The van der Waals surface area contributed by atoms with E-state index in [1.54, 1.807) is 4.90 Å². The van der Waals surface area contributed by atoms with E-state index in [1.807, 2.05) is 0 Å². The SMILES string of the molecule is O=C(CNS(=O)(=O)c1ccc(Cl)c(C(F)(F)F)c1)N1CC[C@H]2CCCC[C@@H]2C1. The van der Waals surface area contributed by atoms with Gasteiger partial charge in [0.1, 0.15) is 0 Å². The Kier molecular flexibility index (Phi) is 6.26. The minimum Gasteiger partial charge on any atom is -0.341 e. The third-order valence-electron chi connectivity index (χ3n) is 5.61.